The summed E-state index contributed by atoms with van der Waals surface area (Å²) in [6.45, 7) is 6.14. The molecule has 1 saturated carbocycles. The quantitative estimate of drug-likeness (QED) is 0.241. The topological polar surface area (TPSA) is 57.9 Å². The van der Waals surface area contributed by atoms with Crippen LogP contribution in [0.15, 0.2) is 17.4 Å². The van der Waals surface area contributed by atoms with Crippen LogP contribution in [0.1, 0.15) is 31.4 Å². The van der Waals surface area contributed by atoms with Crippen LogP contribution < -0.4 is 5.32 Å². The Morgan fingerprint density at radius 3 is 2.69 bits per heavy atom. The van der Waals surface area contributed by atoms with Crippen molar-refractivity contribution in [2.75, 3.05) is 54.0 Å². The molecule has 0 bridgehead atoms. The smallest absolute Gasteiger partial charge is 0.193 e. The summed E-state index contributed by atoms with van der Waals surface area (Å²) in [4.78, 5) is 9.17. The third kappa shape index (κ3) is 7.79. The van der Waals surface area contributed by atoms with Crippen molar-refractivity contribution in [3.8, 4) is 0 Å². The van der Waals surface area contributed by atoms with Gasteiger partial charge in [0.25, 0.3) is 0 Å². The lowest BCUT2D eigenvalue weighted by molar-refractivity contribution is 0.115. The summed E-state index contributed by atoms with van der Waals surface area (Å²) >= 11 is 0. The maximum Gasteiger partial charge on any atom is 0.193 e. The molecule has 0 aliphatic heterocycles. The number of aryl methyl sites for hydroxylation is 1. The lowest BCUT2D eigenvalue weighted by Gasteiger charge is -2.25. The summed E-state index contributed by atoms with van der Waals surface area (Å²) in [5.74, 6) is 1.74. The number of aromatic nitrogens is 2. The Labute approximate surface area is 175 Å². The average molecular weight is 478 g/mol. The first-order valence-electron chi connectivity index (χ1n) is 9.23. The molecule has 1 aliphatic carbocycles. The van der Waals surface area contributed by atoms with Crippen LogP contribution in [0.5, 0.6) is 0 Å². The molecule has 150 valence electrons. The first kappa shape index (κ1) is 23.2. The van der Waals surface area contributed by atoms with Crippen LogP contribution in [0.25, 0.3) is 0 Å². The second kappa shape index (κ2) is 11.8. The first-order valence-corrected chi connectivity index (χ1v) is 9.23. The van der Waals surface area contributed by atoms with Gasteiger partial charge < -0.3 is 19.9 Å². The maximum absolute atomic E-state index is 5.75. The molecular formula is C18H35IN6O. The van der Waals surface area contributed by atoms with Crippen molar-refractivity contribution in [1.82, 2.24) is 24.9 Å². The fourth-order valence-electron chi connectivity index (χ4n) is 2.66. The van der Waals surface area contributed by atoms with E-state index in [1.807, 2.05) is 17.9 Å². The Morgan fingerprint density at radius 2 is 2.15 bits per heavy atom. The molecule has 1 atom stereocenters. The predicted octanol–water partition coefficient (Wildman–Crippen LogP) is 1.96. The number of aliphatic imine (C=N–C) groups is 1. The van der Waals surface area contributed by atoms with Gasteiger partial charge in [0, 0.05) is 45.6 Å². The lowest BCUT2D eigenvalue weighted by atomic mass is 10.1. The van der Waals surface area contributed by atoms with Crippen LogP contribution >= 0.6 is 24.0 Å². The molecule has 26 heavy (non-hydrogen) atoms. The van der Waals surface area contributed by atoms with E-state index in [0.717, 1.165) is 38.2 Å². The highest BCUT2D eigenvalue weighted by Crippen LogP contribution is 2.28. The van der Waals surface area contributed by atoms with Gasteiger partial charge in [-0.25, -0.2) is 0 Å². The fourth-order valence-corrected chi connectivity index (χ4v) is 2.66. The molecule has 1 N–H and O–H groups in total. The zero-order chi connectivity index (χ0) is 18.2. The Balaban J connectivity index is 0.00000338. The number of nitrogens with one attached hydrogen (secondary N) is 1. The van der Waals surface area contributed by atoms with E-state index in [1.165, 1.54) is 18.4 Å². The van der Waals surface area contributed by atoms with Gasteiger partial charge in [-0.05, 0) is 39.8 Å². The van der Waals surface area contributed by atoms with E-state index in [9.17, 15) is 0 Å². The van der Waals surface area contributed by atoms with Crippen molar-refractivity contribution in [3.63, 3.8) is 0 Å². The third-order valence-electron chi connectivity index (χ3n) is 4.46. The molecular weight excluding hydrogens is 443 g/mol. The van der Waals surface area contributed by atoms with Crippen LogP contribution in [0.3, 0.4) is 0 Å². The number of guanidine groups is 1. The van der Waals surface area contributed by atoms with Crippen LogP contribution in [0, 0.1) is 5.92 Å². The van der Waals surface area contributed by atoms with Crippen LogP contribution in [-0.2, 0) is 11.8 Å². The van der Waals surface area contributed by atoms with Gasteiger partial charge in [-0.2, -0.15) is 5.10 Å². The minimum atomic E-state index is 0. The van der Waals surface area contributed by atoms with Crippen LogP contribution in [-0.4, -0.2) is 79.5 Å². The van der Waals surface area contributed by atoms with Gasteiger partial charge in [0.15, 0.2) is 5.96 Å². The molecule has 1 heterocycles. The highest BCUT2D eigenvalue weighted by atomic mass is 127. The molecule has 1 aromatic heterocycles. The predicted molar refractivity (Wildman–Crippen MR) is 117 cm³/mol. The largest absolute Gasteiger partial charge is 0.379 e. The number of rotatable bonds is 10. The monoisotopic (exact) mass is 478 g/mol. The van der Waals surface area contributed by atoms with E-state index < -0.39 is 0 Å². The number of ether oxygens (including phenoxy) is 1. The molecule has 1 aromatic rings. The van der Waals surface area contributed by atoms with E-state index in [2.05, 4.69) is 54.5 Å². The molecule has 0 spiro atoms. The maximum atomic E-state index is 5.75. The fraction of sp³-hybridized carbons (Fsp3) is 0.778. The minimum absolute atomic E-state index is 0. The normalized spacial score (nSPS) is 15.7. The van der Waals surface area contributed by atoms with Gasteiger partial charge in [-0.15, -0.1) is 24.0 Å². The summed E-state index contributed by atoms with van der Waals surface area (Å²) in [7, 11) is 8.17. The number of likely N-dealkylation sites (N-methyl/N-ethyl adjacent to an activating group) is 2. The van der Waals surface area contributed by atoms with Crippen LogP contribution in [0.4, 0.5) is 0 Å². The van der Waals surface area contributed by atoms with E-state index in [1.54, 1.807) is 0 Å². The van der Waals surface area contributed by atoms with Crippen molar-refractivity contribution in [1.29, 1.82) is 0 Å². The molecule has 1 aliphatic rings. The van der Waals surface area contributed by atoms with Gasteiger partial charge >= 0.3 is 0 Å². The molecule has 0 aromatic carbocycles. The van der Waals surface area contributed by atoms with E-state index in [0.29, 0.717) is 6.54 Å². The molecule has 0 amide bonds. The molecule has 0 radical (unpaired) electrons. The highest BCUT2D eigenvalue weighted by Gasteiger charge is 2.21. The third-order valence-corrected chi connectivity index (χ3v) is 4.46. The van der Waals surface area contributed by atoms with Crippen molar-refractivity contribution in [2.24, 2.45) is 18.0 Å². The summed E-state index contributed by atoms with van der Waals surface area (Å²) in [6, 6.07) is 0.210. The van der Waals surface area contributed by atoms with Gasteiger partial charge in [0.1, 0.15) is 0 Å². The molecule has 8 heteroatoms. The molecule has 2 rings (SSSR count). The minimum Gasteiger partial charge on any atom is -0.379 e. The van der Waals surface area contributed by atoms with Gasteiger partial charge in [-0.3, -0.25) is 9.67 Å². The van der Waals surface area contributed by atoms with Crippen molar-refractivity contribution < 1.29 is 4.74 Å². The summed E-state index contributed by atoms with van der Waals surface area (Å²) < 4.78 is 7.59. The Morgan fingerprint density at radius 1 is 1.42 bits per heavy atom. The number of hydrogen-bond acceptors (Lipinski definition) is 4. The number of nitrogens with zero attached hydrogens (tertiary/aromatic N) is 5. The van der Waals surface area contributed by atoms with Gasteiger partial charge in [0.05, 0.1) is 25.4 Å². The van der Waals surface area contributed by atoms with Gasteiger partial charge in [0.2, 0.25) is 0 Å². The summed E-state index contributed by atoms with van der Waals surface area (Å²) in [5.41, 5.74) is 1.18. The van der Waals surface area contributed by atoms with Crippen molar-refractivity contribution in [2.45, 2.75) is 25.8 Å². The summed E-state index contributed by atoms with van der Waals surface area (Å²) in [5, 5.41) is 7.66. The standard InChI is InChI=1S/C18H34N6O.HI/c1-6-19-18(23(4)9-10-25-14-15-7-8-15)20-12-17(22(2)3)16-11-21-24(5)13-16;/h11,13,15,17H,6-10,12,14H2,1-5H3,(H,19,20);1H. The molecule has 1 unspecified atom stereocenters. The second-order valence-corrected chi connectivity index (χ2v) is 7.06. The molecule has 0 saturated heterocycles. The average Bonchev–Trinajstić information content (AvgIpc) is 3.30. The van der Waals surface area contributed by atoms with Crippen molar-refractivity contribution >= 4 is 29.9 Å². The Kier molecular flexibility index (Phi) is 10.5. The SMILES string of the molecule is CCNC(=NCC(c1cnn(C)c1)N(C)C)N(C)CCOCC1CC1.I. The van der Waals surface area contributed by atoms with Gasteiger partial charge in [-0.1, -0.05) is 0 Å². The number of halogens is 1. The molecule has 7 nitrogen and oxygen atoms in total. The zero-order valence-electron chi connectivity index (χ0n) is 16.8. The van der Waals surface area contributed by atoms with E-state index >= 15 is 0 Å². The van der Waals surface area contributed by atoms with Crippen LogP contribution in [0.2, 0.25) is 0 Å². The highest BCUT2D eigenvalue weighted by molar-refractivity contribution is 14.0. The second-order valence-electron chi connectivity index (χ2n) is 7.06. The van der Waals surface area contributed by atoms with E-state index in [-0.39, 0.29) is 30.0 Å². The lowest BCUT2D eigenvalue weighted by Crippen LogP contribution is -2.41. The summed E-state index contributed by atoms with van der Waals surface area (Å²) in [6.07, 6.45) is 6.64. The first-order chi connectivity index (χ1) is 12.0. The Bertz CT molecular complexity index is 544. The number of hydrogen-bond donors (Lipinski definition) is 1. The zero-order valence-corrected chi connectivity index (χ0v) is 19.1. The Hall–Kier alpha value is -0.870. The van der Waals surface area contributed by atoms with Crippen molar-refractivity contribution in [3.05, 3.63) is 18.0 Å². The molecule has 1 fully saturated rings. The van der Waals surface area contributed by atoms with E-state index in [4.69, 9.17) is 9.73 Å².